The SMILES string of the molecule is O=C(Oc1ccccc1)c1cccc2[nH]ccc12. The Morgan fingerprint density at radius 3 is 2.61 bits per heavy atom. The Balaban J connectivity index is 1.95. The van der Waals surface area contributed by atoms with Crippen LogP contribution >= 0.6 is 0 Å². The van der Waals surface area contributed by atoms with Crippen molar-refractivity contribution in [1.29, 1.82) is 0 Å². The standard InChI is InChI=1S/C15H11NO2/c17-15(18-11-5-2-1-3-6-11)13-7-4-8-14-12(13)9-10-16-14/h1-10,16H. The molecule has 3 nitrogen and oxygen atoms in total. The third kappa shape index (κ3) is 1.86. The molecule has 2 aromatic carbocycles. The molecule has 88 valence electrons. The van der Waals surface area contributed by atoms with E-state index in [-0.39, 0.29) is 5.97 Å². The van der Waals surface area contributed by atoms with E-state index in [9.17, 15) is 4.79 Å². The molecular weight excluding hydrogens is 226 g/mol. The van der Waals surface area contributed by atoms with Gasteiger partial charge in [0.05, 0.1) is 5.56 Å². The third-order valence-electron chi connectivity index (χ3n) is 2.77. The summed E-state index contributed by atoms with van der Waals surface area (Å²) in [7, 11) is 0. The maximum atomic E-state index is 12.1. The Morgan fingerprint density at radius 1 is 0.944 bits per heavy atom. The zero-order valence-corrected chi connectivity index (χ0v) is 9.59. The van der Waals surface area contributed by atoms with Crippen LogP contribution in [0.2, 0.25) is 0 Å². The van der Waals surface area contributed by atoms with E-state index in [1.54, 1.807) is 18.2 Å². The molecule has 0 spiro atoms. The van der Waals surface area contributed by atoms with Crippen molar-refractivity contribution in [3.8, 4) is 5.75 Å². The molecule has 0 aliphatic heterocycles. The van der Waals surface area contributed by atoms with Crippen LogP contribution in [0.3, 0.4) is 0 Å². The molecule has 3 aromatic rings. The van der Waals surface area contributed by atoms with Crippen molar-refractivity contribution in [3.63, 3.8) is 0 Å². The van der Waals surface area contributed by atoms with Gasteiger partial charge < -0.3 is 9.72 Å². The summed E-state index contributed by atoms with van der Waals surface area (Å²) in [5, 5.41) is 0.874. The lowest BCUT2D eigenvalue weighted by Gasteiger charge is -2.04. The van der Waals surface area contributed by atoms with Gasteiger partial charge in [-0.2, -0.15) is 0 Å². The van der Waals surface area contributed by atoms with E-state index in [1.807, 2.05) is 42.6 Å². The number of ether oxygens (including phenoxy) is 1. The number of esters is 1. The minimum atomic E-state index is -0.341. The number of carbonyl (C=O) groups is 1. The highest BCUT2D eigenvalue weighted by atomic mass is 16.5. The number of fused-ring (bicyclic) bond motifs is 1. The first-order valence-corrected chi connectivity index (χ1v) is 5.68. The minimum Gasteiger partial charge on any atom is -0.423 e. The molecule has 0 saturated heterocycles. The average molecular weight is 237 g/mol. The third-order valence-corrected chi connectivity index (χ3v) is 2.77. The zero-order chi connectivity index (χ0) is 12.4. The van der Waals surface area contributed by atoms with Gasteiger partial charge in [-0.15, -0.1) is 0 Å². The Kier molecular flexibility index (Phi) is 2.57. The van der Waals surface area contributed by atoms with Crippen LogP contribution in [0, 0.1) is 0 Å². The summed E-state index contributed by atoms with van der Waals surface area (Å²) in [5.74, 6) is 0.210. The molecule has 1 aromatic heterocycles. The summed E-state index contributed by atoms with van der Waals surface area (Å²) >= 11 is 0. The second-order valence-electron chi connectivity index (χ2n) is 3.95. The largest absolute Gasteiger partial charge is 0.423 e. The molecule has 0 aliphatic rings. The van der Waals surface area contributed by atoms with Gasteiger partial charge in [0, 0.05) is 17.1 Å². The fourth-order valence-electron chi connectivity index (χ4n) is 1.91. The van der Waals surface area contributed by atoms with Crippen LogP contribution < -0.4 is 4.74 Å². The van der Waals surface area contributed by atoms with E-state index in [1.165, 1.54) is 0 Å². The Morgan fingerprint density at radius 2 is 1.78 bits per heavy atom. The number of benzene rings is 2. The van der Waals surface area contributed by atoms with E-state index >= 15 is 0 Å². The molecule has 3 rings (SSSR count). The number of para-hydroxylation sites is 1. The normalized spacial score (nSPS) is 10.4. The van der Waals surface area contributed by atoms with Gasteiger partial charge >= 0.3 is 5.97 Å². The van der Waals surface area contributed by atoms with Crippen LogP contribution in [0.1, 0.15) is 10.4 Å². The number of hydrogen-bond acceptors (Lipinski definition) is 2. The molecule has 0 saturated carbocycles. The van der Waals surface area contributed by atoms with Crippen molar-refractivity contribution >= 4 is 16.9 Å². The average Bonchev–Trinajstić information content (AvgIpc) is 2.87. The summed E-state index contributed by atoms with van der Waals surface area (Å²) in [4.78, 5) is 15.2. The quantitative estimate of drug-likeness (QED) is 0.548. The summed E-state index contributed by atoms with van der Waals surface area (Å²) in [6.45, 7) is 0. The van der Waals surface area contributed by atoms with Crippen LogP contribution in [-0.4, -0.2) is 11.0 Å². The Hall–Kier alpha value is -2.55. The highest BCUT2D eigenvalue weighted by Crippen LogP contribution is 2.19. The number of hydrogen-bond donors (Lipinski definition) is 1. The van der Waals surface area contributed by atoms with Gasteiger partial charge in [-0.05, 0) is 30.3 Å². The molecular formula is C15H11NO2. The molecule has 0 bridgehead atoms. The number of rotatable bonds is 2. The molecule has 0 atom stereocenters. The van der Waals surface area contributed by atoms with E-state index in [0.717, 1.165) is 10.9 Å². The van der Waals surface area contributed by atoms with Gasteiger partial charge in [-0.1, -0.05) is 24.3 Å². The summed E-state index contributed by atoms with van der Waals surface area (Å²) in [5.41, 5.74) is 1.50. The number of aromatic nitrogens is 1. The second kappa shape index (κ2) is 4.37. The highest BCUT2D eigenvalue weighted by molar-refractivity contribution is 6.04. The molecule has 0 radical (unpaired) electrons. The van der Waals surface area contributed by atoms with Crippen molar-refractivity contribution in [1.82, 2.24) is 4.98 Å². The maximum absolute atomic E-state index is 12.1. The topological polar surface area (TPSA) is 42.1 Å². The Labute approximate surface area is 104 Å². The lowest BCUT2D eigenvalue weighted by Crippen LogP contribution is -2.08. The van der Waals surface area contributed by atoms with Crippen LogP contribution in [0.15, 0.2) is 60.8 Å². The first-order chi connectivity index (χ1) is 8.84. The van der Waals surface area contributed by atoms with Crippen molar-refractivity contribution in [3.05, 3.63) is 66.4 Å². The first kappa shape index (κ1) is 10.6. The molecule has 0 fully saturated rings. The predicted molar refractivity (Wildman–Crippen MR) is 69.7 cm³/mol. The fraction of sp³-hybridized carbons (Fsp3) is 0. The molecule has 0 amide bonds. The second-order valence-corrected chi connectivity index (χ2v) is 3.95. The van der Waals surface area contributed by atoms with E-state index in [2.05, 4.69) is 4.98 Å². The summed E-state index contributed by atoms with van der Waals surface area (Å²) < 4.78 is 5.33. The van der Waals surface area contributed by atoms with Gasteiger partial charge in [-0.25, -0.2) is 4.79 Å². The minimum absolute atomic E-state index is 0.341. The van der Waals surface area contributed by atoms with Gasteiger partial charge in [0.15, 0.2) is 0 Å². The van der Waals surface area contributed by atoms with Crippen molar-refractivity contribution < 1.29 is 9.53 Å². The number of nitrogens with one attached hydrogen (secondary N) is 1. The smallest absolute Gasteiger partial charge is 0.344 e. The monoisotopic (exact) mass is 237 g/mol. The van der Waals surface area contributed by atoms with E-state index in [0.29, 0.717) is 11.3 Å². The Bertz CT molecular complexity index is 686. The zero-order valence-electron chi connectivity index (χ0n) is 9.59. The molecule has 3 heteroatoms. The number of aromatic amines is 1. The molecule has 0 unspecified atom stereocenters. The number of carbonyl (C=O) groups excluding carboxylic acids is 1. The van der Waals surface area contributed by atoms with Crippen LogP contribution in [-0.2, 0) is 0 Å². The lowest BCUT2D eigenvalue weighted by atomic mass is 10.1. The van der Waals surface area contributed by atoms with Gasteiger partial charge in [0.2, 0.25) is 0 Å². The van der Waals surface area contributed by atoms with Crippen molar-refractivity contribution in [2.24, 2.45) is 0 Å². The molecule has 1 N–H and O–H groups in total. The van der Waals surface area contributed by atoms with E-state index in [4.69, 9.17) is 4.74 Å². The van der Waals surface area contributed by atoms with Gasteiger partial charge in [0.25, 0.3) is 0 Å². The lowest BCUT2D eigenvalue weighted by molar-refractivity contribution is 0.0737. The summed E-state index contributed by atoms with van der Waals surface area (Å²) in [6.07, 6.45) is 1.81. The molecule has 0 aliphatic carbocycles. The predicted octanol–water partition coefficient (Wildman–Crippen LogP) is 3.39. The van der Waals surface area contributed by atoms with Crippen molar-refractivity contribution in [2.45, 2.75) is 0 Å². The number of H-pyrrole nitrogens is 1. The maximum Gasteiger partial charge on any atom is 0.344 e. The highest BCUT2D eigenvalue weighted by Gasteiger charge is 2.12. The molecule has 18 heavy (non-hydrogen) atoms. The van der Waals surface area contributed by atoms with Crippen molar-refractivity contribution in [2.75, 3.05) is 0 Å². The van der Waals surface area contributed by atoms with Gasteiger partial charge in [0.1, 0.15) is 5.75 Å². The first-order valence-electron chi connectivity index (χ1n) is 5.68. The fourth-order valence-corrected chi connectivity index (χ4v) is 1.91. The van der Waals surface area contributed by atoms with E-state index < -0.39 is 0 Å². The summed E-state index contributed by atoms with van der Waals surface area (Å²) in [6, 6.07) is 16.5. The van der Waals surface area contributed by atoms with Crippen LogP contribution in [0.4, 0.5) is 0 Å². The van der Waals surface area contributed by atoms with Gasteiger partial charge in [-0.3, -0.25) is 0 Å². The van der Waals surface area contributed by atoms with Crippen LogP contribution in [0.25, 0.3) is 10.9 Å². The van der Waals surface area contributed by atoms with Crippen LogP contribution in [0.5, 0.6) is 5.75 Å². The molecule has 1 heterocycles.